The molecule has 0 spiro atoms. The van der Waals surface area contributed by atoms with Crippen molar-refractivity contribution < 1.29 is 9.47 Å². The van der Waals surface area contributed by atoms with Crippen LogP contribution in [0.1, 0.15) is 59.4 Å². The predicted octanol–water partition coefficient (Wildman–Crippen LogP) is 8.33. The first-order valence-electron chi connectivity index (χ1n) is 13.7. The molecule has 198 valence electrons. The standard InChI is InChI=1S/C34H33IN2O2/c1-3-39-32-19-23(18-31(35)34(32)38-2)22-36-26-20-29-27(24-10-6-4-7-11-24)14-16-37-17-15-28(30(21-26)33(29)37)25-12-8-5-9-13-25/h4-13,18-22,27-28H,3,14-17H2,1-2H3/t27-,28+. The topological polar surface area (TPSA) is 34.1 Å². The van der Waals surface area contributed by atoms with E-state index in [-0.39, 0.29) is 0 Å². The molecule has 0 radical (unpaired) electrons. The van der Waals surface area contributed by atoms with Crippen molar-refractivity contribution in [2.75, 3.05) is 31.7 Å². The number of aliphatic imine (C=N–C) groups is 1. The van der Waals surface area contributed by atoms with E-state index in [1.54, 1.807) is 7.11 Å². The highest BCUT2D eigenvalue weighted by molar-refractivity contribution is 14.1. The molecule has 2 aliphatic rings. The molecule has 2 heterocycles. The fourth-order valence-corrected chi connectivity index (χ4v) is 7.03. The minimum Gasteiger partial charge on any atom is -0.492 e. The van der Waals surface area contributed by atoms with Gasteiger partial charge in [0.05, 0.1) is 23.0 Å². The van der Waals surface area contributed by atoms with Crippen LogP contribution in [0.25, 0.3) is 0 Å². The number of methoxy groups -OCH3 is 1. The third-order valence-corrected chi connectivity index (χ3v) is 8.70. The Balaban J connectivity index is 1.47. The van der Waals surface area contributed by atoms with Gasteiger partial charge in [0.1, 0.15) is 0 Å². The van der Waals surface area contributed by atoms with E-state index in [1.807, 2.05) is 19.2 Å². The molecule has 4 nitrogen and oxygen atoms in total. The maximum atomic E-state index is 5.86. The summed E-state index contributed by atoms with van der Waals surface area (Å²) in [5.74, 6) is 2.25. The van der Waals surface area contributed by atoms with Crippen LogP contribution in [0.15, 0.2) is 89.9 Å². The summed E-state index contributed by atoms with van der Waals surface area (Å²) >= 11 is 2.30. The van der Waals surface area contributed by atoms with Gasteiger partial charge in [0.15, 0.2) is 11.5 Å². The molecular weight excluding hydrogens is 595 g/mol. The van der Waals surface area contributed by atoms with Crippen molar-refractivity contribution in [2.24, 2.45) is 4.99 Å². The van der Waals surface area contributed by atoms with Crippen LogP contribution < -0.4 is 14.4 Å². The summed E-state index contributed by atoms with van der Waals surface area (Å²) < 4.78 is 12.4. The van der Waals surface area contributed by atoms with Crippen LogP contribution in [-0.4, -0.2) is 33.0 Å². The zero-order chi connectivity index (χ0) is 26.8. The Kier molecular flexibility index (Phi) is 7.60. The maximum absolute atomic E-state index is 5.86. The summed E-state index contributed by atoms with van der Waals surface area (Å²) in [5, 5.41) is 0. The number of hydrogen-bond acceptors (Lipinski definition) is 4. The van der Waals surface area contributed by atoms with Crippen LogP contribution in [0, 0.1) is 3.57 Å². The molecule has 0 saturated carbocycles. The normalized spacial score (nSPS) is 18.2. The molecule has 2 aliphatic heterocycles. The number of anilines is 1. The highest BCUT2D eigenvalue weighted by Crippen LogP contribution is 2.50. The molecule has 5 heteroatoms. The van der Waals surface area contributed by atoms with Gasteiger partial charge in [0.2, 0.25) is 0 Å². The number of benzene rings is 4. The third-order valence-electron chi connectivity index (χ3n) is 7.90. The SMILES string of the molecule is CCOc1cc(C=Nc2cc3c4c(c2)[C@H](c2ccccc2)CCN4CC[C@@H]3c2ccccc2)cc(I)c1OC. The van der Waals surface area contributed by atoms with Crippen molar-refractivity contribution in [3.63, 3.8) is 0 Å². The first-order valence-corrected chi connectivity index (χ1v) is 14.8. The second kappa shape index (κ2) is 11.4. The Hall–Kier alpha value is -3.32. The monoisotopic (exact) mass is 628 g/mol. The molecule has 0 aromatic heterocycles. The quantitative estimate of drug-likeness (QED) is 0.153. The van der Waals surface area contributed by atoms with Gasteiger partial charge >= 0.3 is 0 Å². The lowest BCUT2D eigenvalue weighted by molar-refractivity contribution is 0.309. The molecule has 0 amide bonds. The molecule has 0 aliphatic carbocycles. The fraction of sp³-hybridized carbons (Fsp3) is 0.265. The van der Waals surface area contributed by atoms with E-state index in [4.69, 9.17) is 14.5 Å². The van der Waals surface area contributed by atoms with Crippen LogP contribution in [0.5, 0.6) is 11.5 Å². The number of halogens is 1. The number of ether oxygens (including phenoxy) is 2. The Morgan fingerprint density at radius 3 is 2.00 bits per heavy atom. The summed E-state index contributed by atoms with van der Waals surface area (Å²) in [7, 11) is 1.68. The Morgan fingerprint density at radius 1 is 0.872 bits per heavy atom. The van der Waals surface area contributed by atoms with Crippen molar-refractivity contribution >= 4 is 40.2 Å². The molecule has 4 aromatic rings. The van der Waals surface area contributed by atoms with E-state index in [0.717, 1.165) is 52.3 Å². The van der Waals surface area contributed by atoms with Crippen LogP contribution in [0.3, 0.4) is 0 Å². The minimum atomic E-state index is 0.368. The molecule has 39 heavy (non-hydrogen) atoms. The summed E-state index contributed by atoms with van der Waals surface area (Å²) in [4.78, 5) is 7.66. The van der Waals surface area contributed by atoms with Crippen molar-refractivity contribution in [3.05, 3.63) is 116 Å². The lowest BCUT2D eigenvalue weighted by Crippen LogP contribution is -2.37. The molecule has 0 unspecified atom stereocenters. The van der Waals surface area contributed by atoms with Crippen molar-refractivity contribution in [3.8, 4) is 11.5 Å². The lowest BCUT2D eigenvalue weighted by Gasteiger charge is -2.43. The largest absolute Gasteiger partial charge is 0.492 e. The molecule has 2 atom stereocenters. The fourth-order valence-electron chi connectivity index (χ4n) is 6.19. The average molecular weight is 629 g/mol. The molecule has 0 bridgehead atoms. The van der Waals surface area contributed by atoms with Crippen LogP contribution >= 0.6 is 22.6 Å². The molecule has 6 rings (SSSR count). The molecule has 0 fully saturated rings. The summed E-state index contributed by atoms with van der Waals surface area (Å²) in [6.07, 6.45) is 4.19. The van der Waals surface area contributed by atoms with Gasteiger partial charge in [-0.3, -0.25) is 4.99 Å². The van der Waals surface area contributed by atoms with Crippen molar-refractivity contribution in [1.82, 2.24) is 0 Å². The Bertz CT molecular complexity index is 1410. The third kappa shape index (κ3) is 5.17. The average Bonchev–Trinajstić information content (AvgIpc) is 2.97. The van der Waals surface area contributed by atoms with Gasteiger partial charge in [-0.15, -0.1) is 0 Å². The number of nitrogens with zero attached hydrogens (tertiary/aromatic N) is 2. The zero-order valence-electron chi connectivity index (χ0n) is 22.4. The zero-order valence-corrected chi connectivity index (χ0v) is 24.6. The highest BCUT2D eigenvalue weighted by atomic mass is 127. The van der Waals surface area contributed by atoms with Crippen LogP contribution in [-0.2, 0) is 0 Å². The molecule has 0 N–H and O–H groups in total. The molecular formula is C34H33IN2O2. The van der Waals surface area contributed by atoms with Crippen molar-refractivity contribution in [2.45, 2.75) is 31.6 Å². The number of hydrogen-bond donors (Lipinski definition) is 0. The predicted molar refractivity (Wildman–Crippen MR) is 169 cm³/mol. The van der Waals surface area contributed by atoms with E-state index in [9.17, 15) is 0 Å². The lowest BCUT2D eigenvalue weighted by atomic mass is 9.76. The van der Waals surface area contributed by atoms with Gasteiger partial charge in [0, 0.05) is 36.8 Å². The van der Waals surface area contributed by atoms with Gasteiger partial charge in [-0.05, 0) is 94.4 Å². The maximum Gasteiger partial charge on any atom is 0.174 e. The molecule has 0 saturated heterocycles. The highest BCUT2D eigenvalue weighted by Gasteiger charge is 2.35. The summed E-state index contributed by atoms with van der Waals surface area (Å²) in [6, 6.07) is 30.7. The Morgan fingerprint density at radius 2 is 1.46 bits per heavy atom. The van der Waals surface area contributed by atoms with Gasteiger partial charge in [-0.2, -0.15) is 0 Å². The summed E-state index contributed by atoms with van der Waals surface area (Å²) in [5.41, 5.74) is 8.98. The van der Waals surface area contributed by atoms with E-state index < -0.39 is 0 Å². The van der Waals surface area contributed by atoms with Gasteiger partial charge in [-0.1, -0.05) is 60.7 Å². The first kappa shape index (κ1) is 25.9. The van der Waals surface area contributed by atoms with Gasteiger partial charge in [0.25, 0.3) is 0 Å². The first-order chi connectivity index (χ1) is 19.2. The van der Waals surface area contributed by atoms with Gasteiger partial charge < -0.3 is 14.4 Å². The van der Waals surface area contributed by atoms with Crippen LogP contribution in [0.2, 0.25) is 0 Å². The van der Waals surface area contributed by atoms with E-state index in [0.29, 0.717) is 18.4 Å². The molecule has 4 aromatic carbocycles. The van der Waals surface area contributed by atoms with E-state index in [2.05, 4.69) is 106 Å². The number of rotatable bonds is 7. The van der Waals surface area contributed by atoms with E-state index in [1.165, 1.54) is 27.9 Å². The van der Waals surface area contributed by atoms with Crippen molar-refractivity contribution in [1.29, 1.82) is 0 Å². The minimum absolute atomic E-state index is 0.368. The second-order valence-electron chi connectivity index (χ2n) is 10.2. The van der Waals surface area contributed by atoms with Gasteiger partial charge in [-0.25, -0.2) is 0 Å². The van der Waals surface area contributed by atoms with Crippen LogP contribution in [0.4, 0.5) is 11.4 Å². The Labute approximate surface area is 244 Å². The smallest absolute Gasteiger partial charge is 0.174 e. The summed E-state index contributed by atoms with van der Waals surface area (Å²) in [6.45, 7) is 4.75. The second-order valence-corrected chi connectivity index (χ2v) is 11.4. The van der Waals surface area contributed by atoms with E-state index >= 15 is 0 Å².